The minimum Gasteiger partial charge on any atom is -0.396 e. The van der Waals surface area contributed by atoms with Gasteiger partial charge in [-0.25, -0.2) is 4.39 Å². The zero-order valence-electron chi connectivity index (χ0n) is 6.77. The summed E-state index contributed by atoms with van der Waals surface area (Å²) in [5.74, 6) is -0.274. The molecule has 1 aromatic rings. The van der Waals surface area contributed by atoms with Crippen molar-refractivity contribution in [3.05, 3.63) is 33.5 Å². The summed E-state index contributed by atoms with van der Waals surface area (Å²) in [6.07, 6.45) is 0.490. The number of halogens is 2. The van der Waals surface area contributed by atoms with E-state index in [-0.39, 0.29) is 12.4 Å². The molecular weight excluding hydrogens is 223 g/mol. The van der Waals surface area contributed by atoms with Crippen LogP contribution in [0.15, 0.2) is 16.6 Å². The molecule has 0 saturated heterocycles. The minimum absolute atomic E-state index is 0.0445. The van der Waals surface area contributed by atoms with E-state index in [1.165, 1.54) is 6.07 Å². The highest BCUT2D eigenvalue weighted by Crippen LogP contribution is 2.23. The van der Waals surface area contributed by atoms with Gasteiger partial charge in [-0.1, -0.05) is 6.07 Å². The quantitative estimate of drug-likeness (QED) is 0.831. The standard InChI is InChI=1S/C9H10BrFO/c1-6-2-3-8(11)9(10)7(6)4-5-12/h2-3,12H,4-5H2,1H3. The van der Waals surface area contributed by atoms with E-state index >= 15 is 0 Å². The van der Waals surface area contributed by atoms with Crippen molar-refractivity contribution >= 4 is 15.9 Å². The second-order valence-corrected chi connectivity index (χ2v) is 3.42. The Hall–Kier alpha value is -0.410. The lowest BCUT2D eigenvalue weighted by Gasteiger charge is -2.06. The second-order valence-electron chi connectivity index (χ2n) is 2.63. The third-order valence-electron chi connectivity index (χ3n) is 1.79. The molecule has 66 valence electrons. The first kappa shape index (κ1) is 9.68. The molecule has 0 aliphatic heterocycles. The van der Waals surface area contributed by atoms with Crippen molar-refractivity contribution in [2.75, 3.05) is 6.61 Å². The Morgan fingerprint density at radius 3 is 2.75 bits per heavy atom. The Bertz CT molecular complexity index is 286. The van der Waals surface area contributed by atoms with Crippen molar-refractivity contribution in [3.8, 4) is 0 Å². The third kappa shape index (κ3) is 1.84. The molecule has 12 heavy (non-hydrogen) atoms. The molecular formula is C9H10BrFO. The van der Waals surface area contributed by atoms with E-state index in [4.69, 9.17) is 5.11 Å². The fraction of sp³-hybridized carbons (Fsp3) is 0.333. The molecule has 3 heteroatoms. The molecule has 1 aromatic carbocycles. The average Bonchev–Trinajstić information content (AvgIpc) is 2.06. The van der Waals surface area contributed by atoms with Crippen LogP contribution in [0.5, 0.6) is 0 Å². The van der Waals surface area contributed by atoms with Gasteiger partial charge in [0, 0.05) is 6.61 Å². The monoisotopic (exact) mass is 232 g/mol. The minimum atomic E-state index is -0.274. The Balaban J connectivity index is 3.14. The summed E-state index contributed by atoms with van der Waals surface area (Å²) < 4.78 is 13.4. The molecule has 0 bridgehead atoms. The predicted octanol–water partition coefficient (Wildman–Crippen LogP) is 2.43. The molecule has 0 radical (unpaired) electrons. The van der Waals surface area contributed by atoms with Crippen molar-refractivity contribution in [2.45, 2.75) is 13.3 Å². The van der Waals surface area contributed by atoms with E-state index < -0.39 is 0 Å². The van der Waals surface area contributed by atoms with Crippen LogP contribution < -0.4 is 0 Å². The highest BCUT2D eigenvalue weighted by atomic mass is 79.9. The van der Waals surface area contributed by atoms with Gasteiger partial charge < -0.3 is 5.11 Å². The van der Waals surface area contributed by atoms with Gasteiger partial charge in [0.15, 0.2) is 0 Å². The summed E-state index contributed by atoms with van der Waals surface area (Å²) in [7, 11) is 0. The van der Waals surface area contributed by atoms with Crippen molar-refractivity contribution in [1.82, 2.24) is 0 Å². The van der Waals surface area contributed by atoms with Crippen LogP contribution >= 0.6 is 15.9 Å². The summed E-state index contributed by atoms with van der Waals surface area (Å²) in [5.41, 5.74) is 1.84. The maximum absolute atomic E-state index is 13.0. The molecule has 0 amide bonds. The van der Waals surface area contributed by atoms with E-state index in [9.17, 15) is 4.39 Å². The Morgan fingerprint density at radius 1 is 1.50 bits per heavy atom. The van der Waals surface area contributed by atoms with E-state index in [2.05, 4.69) is 15.9 Å². The number of aliphatic hydroxyl groups is 1. The van der Waals surface area contributed by atoms with Gasteiger partial charge in [-0.05, 0) is 46.5 Å². The van der Waals surface area contributed by atoms with Gasteiger partial charge in [-0.3, -0.25) is 0 Å². The van der Waals surface area contributed by atoms with Gasteiger partial charge in [-0.2, -0.15) is 0 Å². The lowest BCUT2D eigenvalue weighted by atomic mass is 10.1. The molecule has 1 rings (SSSR count). The molecule has 1 nitrogen and oxygen atoms in total. The number of aryl methyl sites for hydroxylation is 1. The van der Waals surface area contributed by atoms with Crippen LogP contribution in [0.25, 0.3) is 0 Å². The molecule has 0 aliphatic carbocycles. The van der Waals surface area contributed by atoms with Crippen LogP contribution in [-0.2, 0) is 6.42 Å². The third-order valence-corrected chi connectivity index (χ3v) is 2.65. The molecule has 0 spiro atoms. The van der Waals surface area contributed by atoms with E-state index in [1.807, 2.05) is 6.92 Å². The molecule has 0 fully saturated rings. The van der Waals surface area contributed by atoms with Crippen LogP contribution in [0.2, 0.25) is 0 Å². The van der Waals surface area contributed by atoms with Crippen molar-refractivity contribution in [2.24, 2.45) is 0 Å². The van der Waals surface area contributed by atoms with Crippen LogP contribution in [-0.4, -0.2) is 11.7 Å². The van der Waals surface area contributed by atoms with Crippen LogP contribution in [0.4, 0.5) is 4.39 Å². The maximum atomic E-state index is 13.0. The van der Waals surface area contributed by atoms with Gasteiger partial charge in [-0.15, -0.1) is 0 Å². The van der Waals surface area contributed by atoms with Crippen LogP contribution in [0.3, 0.4) is 0 Å². The van der Waals surface area contributed by atoms with E-state index in [0.717, 1.165) is 11.1 Å². The summed E-state index contributed by atoms with van der Waals surface area (Å²) >= 11 is 3.15. The maximum Gasteiger partial charge on any atom is 0.137 e. The summed E-state index contributed by atoms with van der Waals surface area (Å²) in [6.45, 7) is 1.94. The molecule has 0 atom stereocenters. The van der Waals surface area contributed by atoms with Gasteiger partial charge >= 0.3 is 0 Å². The Morgan fingerprint density at radius 2 is 2.17 bits per heavy atom. The van der Waals surface area contributed by atoms with Crippen LogP contribution in [0, 0.1) is 12.7 Å². The lowest BCUT2D eigenvalue weighted by molar-refractivity contribution is 0.299. The van der Waals surface area contributed by atoms with E-state index in [1.54, 1.807) is 6.07 Å². The first-order valence-corrected chi connectivity index (χ1v) is 4.50. The molecule has 0 aliphatic rings. The number of rotatable bonds is 2. The summed E-state index contributed by atoms with van der Waals surface area (Å²) in [4.78, 5) is 0. The number of benzene rings is 1. The van der Waals surface area contributed by atoms with E-state index in [0.29, 0.717) is 10.9 Å². The van der Waals surface area contributed by atoms with Gasteiger partial charge in [0.25, 0.3) is 0 Å². The normalized spacial score (nSPS) is 10.3. The smallest absolute Gasteiger partial charge is 0.137 e. The number of hydrogen-bond donors (Lipinski definition) is 1. The fourth-order valence-electron chi connectivity index (χ4n) is 1.11. The fourth-order valence-corrected chi connectivity index (χ4v) is 1.75. The molecule has 1 N–H and O–H groups in total. The van der Waals surface area contributed by atoms with Gasteiger partial charge in [0.2, 0.25) is 0 Å². The SMILES string of the molecule is Cc1ccc(F)c(Br)c1CCO. The topological polar surface area (TPSA) is 20.2 Å². The summed E-state index contributed by atoms with van der Waals surface area (Å²) in [5, 5.41) is 8.72. The Labute approximate surface area is 79.4 Å². The first-order chi connectivity index (χ1) is 5.66. The van der Waals surface area contributed by atoms with Crippen molar-refractivity contribution in [1.29, 1.82) is 0 Å². The second kappa shape index (κ2) is 4.01. The lowest BCUT2D eigenvalue weighted by Crippen LogP contribution is -1.97. The highest BCUT2D eigenvalue weighted by molar-refractivity contribution is 9.10. The zero-order chi connectivity index (χ0) is 9.14. The summed E-state index contributed by atoms with van der Waals surface area (Å²) in [6, 6.07) is 3.13. The molecule has 0 aromatic heterocycles. The molecule has 0 heterocycles. The molecule has 0 unspecified atom stereocenters. The van der Waals surface area contributed by atoms with Crippen molar-refractivity contribution < 1.29 is 9.50 Å². The van der Waals surface area contributed by atoms with Crippen LogP contribution in [0.1, 0.15) is 11.1 Å². The number of hydrogen-bond acceptors (Lipinski definition) is 1. The average molecular weight is 233 g/mol. The highest BCUT2D eigenvalue weighted by Gasteiger charge is 2.07. The predicted molar refractivity (Wildman–Crippen MR) is 49.6 cm³/mol. The Kier molecular flexibility index (Phi) is 3.23. The van der Waals surface area contributed by atoms with Gasteiger partial charge in [0.05, 0.1) is 4.47 Å². The largest absolute Gasteiger partial charge is 0.396 e. The first-order valence-electron chi connectivity index (χ1n) is 3.71. The zero-order valence-corrected chi connectivity index (χ0v) is 8.36. The van der Waals surface area contributed by atoms with Crippen molar-refractivity contribution in [3.63, 3.8) is 0 Å². The van der Waals surface area contributed by atoms with Gasteiger partial charge in [0.1, 0.15) is 5.82 Å². The molecule has 0 saturated carbocycles. The number of aliphatic hydroxyl groups excluding tert-OH is 1.